The summed E-state index contributed by atoms with van der Waals surface area (Å²) in [7, 11) is 1.71. The normalized spacial score (nSPS) is 11.5. The molecule has 0 aliphatic heterocycles. The van der Waals surface area contributed by atoms with Crippen molar-refractivity contribution in [3.8, 4) is 11.8 Å². The SMILES string of the molecule is CCC(CSC)N(C)C(=O)c1cc(C#CCN)ccc1F. The molecule has 0 bridgehead atoms. The van der Waals surface area contributed by atoms with Crippen LogP contribution in [0, 0.1) is 17.7 Å². The predicted molar refractivity (Wildman–Crippen MR) is 86.9 cm³/mol. The van der Waals surface area contributed by atoms with Crippen molar-refractivity contribution < 1.29 is 9.18 Å². The number of hydrogen-bond donors (Lipinski definition) is 1. The van der Waals surface area contributed by atoms with Crippen molar-refractivity contribution in [2.24, 2.45) is 5.73 Å². The molecule has 1 rings (SSSR count). The predicted octanol–water partition coefficient (Wildman–Crippen LogP) is 2.35. The molecule has 0 aliphatic carbocycles. The van der Waals surface area contributed by atoms with Gasteiger partial charge in [-0.3, -0.25) is 4.79 Å². The molecule has 0 aromatic heterocycles. The average Bonchev–Trinajstić information content (AvgIpc) is 2.50. The van der Waals surface area contributed by atoms with Crippen LogP contribution in [-0.2, 0) is 0 Å². The van der Waals surface area contributed by atoms with Crippen LogP contribution in [0.3, 0.4) is 0 Å². The summed E-state index contributed by atoms with van der Waals surface area (Å²) in [5.41, 5.74) is 5.97. The molecular formula is C16H21FN2OS. The molecule has 1 aromatic rings. The monoisotopic (exact) mass is 308 g/mol. The van der Waals surface area contributed by atoms with E-state index in [-0.39, 0.29) is 24.1 Å². The van der Waals surface area contributed by atoms with Crippen LogP contribution in [0.25, 0.3) is 0 Å². The lowest BCUT2D eigenvalue weighted by Crippen LogP contribution is -2.38. The van der Waals surface area contributed by atoms with Gasteiger partial charge in [-0.25, -0.2) is 4.39 Å². The molecule has 3 nitrogen and oxygen atoms in total. The quantitative estimate of drug-likeness (QED) is 0.849. The zero-order valence-corrected chi connectivity index (χ0v) is 13.5. The number of carbonyl (C=O) groups is 1. The summed E-state index contributed by atoms with van der Waals surface area (Å²) in [6.45, 7) is 2.25. The van der Waals surface area contributed by atoms with Crippen molar-refractivity contribution in [3.05, 3.63) is 35.1 Å². The zero-order valence-electron chi connectivity index (χ0n) is 12.6. The minimum atomic E-state index is -0.524. The summed E-state index contributed by atoms with van der Waals surface area (Å²) in [4.78, 5) is 14.1. The Morgan fingerprint density at radius 2 is 2.24 bits per heavy atom. The van der Waals surface area contributed by atoms with Crippen LogP contribution in [0.1, 0.15) is 29.3 Å². The molecule has 21 heavy (non-hydrogen) atoms. The van der Waals surface area contributed by atoms with E-state index in [0.717, 1.165) is 12.2 Å². The maximum atomic E-state index is 13.9. The maximum Gasteiger partial charge on any atom is 0.256 e. The molecule has 0 saturated heterocycles. The fourth-order valence-corrected chi connectivity index (χ4v) is 2.82. The third-order valence-corrected chi connectivity index (χ3v) is 3.95. The third-order valence-electron chi connectivity index (χ3n) is 3.23. The van der Waals surface area contributed by atoms with E-state index in [4.69, 9.17) is 5.73 Å². The van der Waals surface area contributed by atoms with Crippen molar-refractivity contribution in [2.45, 2.75) is 19.4 Å². The lowest BCUT2D eigenvalue weighted by molar-refractivity contribution is 0.0739. The fourth-order valence-electron chi connectivity index (χ4n) is 1.97. The van der Waals surface area contributed by atoms with Crippen molar-refractivity contribution >= 4 is 17.7 Å². The Hall–Kier alpha value is -1.51. The topological polar surface area (TPSA) is 46.3 Å². The molecule has 114 valence electrons. The number of hydrogen-bond acceptors (Lipinski definition) is 3. The maximum absolute atomic E-state index is 13.9. The Morgan fingerprint density at radius 1 is 1.52 bits per heavy atom. The standard InChI is InChI=1S/C16H21FN2OS/c1-4-13(11-21-3)19(2)16(20)14-10-12(6-5-9-18)7-8-15(14)17/h7-8,10,13H,4,9,11,18H2,1-3H3. The Labute approximate surface area is 130 Å². The van der Waals surface area contributed by atoms with Gasteiger partial charge in [-0.05, 0) is 30.9 Å². The minimum Gasteiger partial charge on any atom is -0.338 e. The van der Waals surface area contributed by atoms with Gasteiger partial charge in [-0.2, -0.15) is 11.8 Å². The number of amides is 1. The van der Waals surface area contributed by atoms with Crippen LogP contribution in [0.4, 0.5) is 4.39 Å². The zero-order chi connectivity index (χ0) is 15.8. The van der Waals surface area contributed by atoms with E-state index in [1.54, 1.807) is 29.8 Å². The van der Waals surface area contributed by atoms with E-state index in [2.05, 4.69) is 11.8 Å². The molecule has 0 fully saturated rings. The van der Waals surface area contributed by atoms with Crippen LogP contribution >= 0.6 is 11.8 Å². The second kappa shape index (κ2) is 8.71. The van der Waals surface area contributed by atoms with E-state index >= 15 is 0 Å². The molecule has 1 aromatic carbocycles. The lowest BCUT2D eigenvalue weighted by atomic mass is 10.1. The fraction of sp³-hybridized carbons (Fsp3) is 0.438. The molecule has 2 N–H and O–H groups in total. The van der Waals surface area contributed by atoms with Crippen LogP contribution < -0.4 is 5.73 Å². The minimum absolute atomic E-state index is 0.0564. The van der Waals surface area contributed by atoms with E-state index in [0.29, 0.717) is 5.56 Å². The molecule has 0 radical (unpaired) electrons. The van der Waals surface area contributed by atoms with Crippen molar-refractivity contribution in [1.29, 1.82) is 0 Å². The second-order valence-corrected chi connectivity index (χ2v) is 5.54. The van der Waals surface area contributed by atoms with Gasteiger partial charge in [0.25, 0.3) is 5.91 Å². The largest absolute Gasteiger partial charge is 0.338 e. The number of thioether (sulfide) groups is 1. The highest BCUT2D eigenvalue weighted by Gasteiger charge is 2.22. The van der Waals surface area contributed by atoms with Crippen LogP contribution in [-0.4, -0.2) is 42.4 Å². The first kappa shape index (κ1) is 17.5. The number of nitrogens with zero attached hydrogens (tertiary/aromatic N) is 1. The van der Waals surface area contributed by atoms with Gasteiger partial charge in [-0.1, -0.05) is 18.8 Å². The van der Waals surface area contributed by atoms with Crippen molar-refractivity contribution in [3.63, 3.8) is 0 Å². The van der Waals surface area contributed by atoms with E-state index in [1.807, 2.05) is 13.2 Å². The molecule has 1 amide bonds. The van der Waals surface area contributed by atoms with Gasteiger partial charge >= 0.3 is 0 Å². The third kappa shape index (κ3) is 4.76. The van der Waals surface area contributed by atoms with Gasteiger partial charge in [0.05, 0.1) is 12.1 Å². The van der Waals surface area contributed by atoms with Crippen molar-refractivity contribution in [1.82, 2.24) is 4.90 Å². The number of carbonyl (C=O) groups excluding carboxylic acids is 1. The molecule has 1 atom stereocenters. The van der Waals surface area contributed by atoms with Gasteiger partial charge < -0.3 is 10.6 Å². The summed E-state index contributed by atoms with van der Waals surface area (Å²) in [5, 5.41) is 0. The summed E-state index contributed by atoms with van der Waals surface area (Å²) in [6.07, 6.45) is 2.82. The Balaban J connectivity index is 3.05. The Bertz CT molecular complexity index is 551. The highest BCUT2D eigenvalue weighted by Crippen LogP contribution is 2.16. The first-order chi connectivity index (χ1) is 10.0. The number of nitrogens with two attached hydrogens (primary N) is 1. The summed E-state index contributed by atoms with van der Waals surface area (Å²) >= 11 is 1.67. The molecule has 0 spiro atoms. The van der Waals surface area contributed by atoms with Gasteiger partial charge in [0.15, 0.2) is 0 Å². The highest BCUT2D eigenvalue weighted by atomic mass is 32.2. The van der Waals surface area contributed by atoms with Crippen molar-refractivity contribution in [2.75, 3.05) is 25.6 Å². The van der Waals surface area contributed by atoms with E-state index in [9.17, 15) is 9.18 Å². The summed E-state index contributed by atoms with van der Waals surface area (Å²) in [5.74, 6) is 5.51. The van der Waals surface area contributed by atoms with Crippen LogP contribution in [0.5, 0.6) is 0 Å². The van der Waals surface area contributed by atoms with Gasteiger partial charge in [0.1, 0.15) is 5.82 Å². The Kier molecular flexibility index (Phi) is 7.27. The Morgan fingerprint density at radius 3 is 2.81 bits per heavy atom. The summed E-state index contributed by atoms with van der Waals surface area (Å²) < 4.78 is 13.9. The number of rotatable bonds is 5. The second-order valence-electron chi connectivity index (χ2n) is 4.63. The van der Waals surface area contributed by atoms with Gasteiger partial charge in [-0.15, -0.1) is 0 Å². The van der Waals surface area contributed by atoms with Crippen LogP contribution in [0.2, 0.25) is 0 Å². The smallest absolute Gasteiger partial charge is 0.256 e. The van der Waals surface area contributed by atoms with E-state index < -0.39 is 5.82 Å². The molecule has 0 aliphatic rings. The number of halogens is 1. The summed E-state index contributed by atoms with van der Waals surface area (Å²) in [6, 6.07) is 4.40. The first-order valence-electron chi connectivity index (χ1n) is 6.79. The number of benzene rings is 1. The molecule has 5 heteroatoms. The lowest BCUT2D eigenvalue weighted by Gasteiger charge is -2.27. The van der Waals surface area contributed by atoms with E-state index in [1.165, 1.54) is 12.1 Å². The molecule has 0 saturated carbocycles. The molecule has 1 unspecified atom stereocenters. The van der Waals surface area contributed by atoms with Crippen LogP contribution in [0.15, 0.2) is 18.2 Å². The molecular weight excluding hydrogens is 287 g/mol. The average molecular weight is 308 g/mol. The van der Waals surface area contributed by atoms with Gasteiger partial charge in [0, 0.05) is 24.4 Å². The van der Waals surface area contributed by atoms with Gasteiger partial charge in [0.2, 0.25) is 0 Å². The highest BCUT2D eigenvalue weighted by molar-refractivity contribution is 7.98. The first-order valence-corrected chi connectivity index (χ1v) is 8.19. The molecule has 0 heterocycles.